The van der Waals surface area contributed by atoms with E-state index in [0.29, 0.717) is 17.7 Å². The van der Waals surface area contributed by atoms with Crippen molar-refractivity contribution in [2.75, 3.05) is 0 Å². The number of nitrogens with one attached hydrogen (secondary N) is 1. The fraction of sp³-hybridized carbons (Fsp3) is 0.0625. The van der Waals surface area contributed by atoms with Gasteiger partial charge in [0.1, 0.15) is 11.5 Å². The summed E-state index contributed by atoms with van der Waals surface area (Å²) >= 11 is 0. The molecule has 3 aromatic heterocycles. The van der Waals surface area contributed by atoms with Gasteiger partial charge in [0.05, 0.1) is 34.1 Å². The van der Waals surface area contributed by atoms with Gasteiger partial charge in [-0.2, -0.15) is 5.10 Å². The molecule has 0 bridgehead atoms. The molecule has 5 nitrogen and oxygen atoms in total. The van der Waals surface area contributed by atoms with E-state index < -0.39 is 0 Å². The van der Waals surface area contributed by atoms with Gasteiger partial charge in [-0.3, -0.25) is 9.89 Å². The number of carbonyl (C=O) groups excluding carboxylic acids is 1. The summed E-state index contributed by atoms with van der Waals surface area (Å²) in [5.74, 6) is -0.299. The molecule has 22 heavy (non-hydrogen) atoms. The predicted molar refractivity (Wildman–Crippen MR) is 80.8 cm³/mol. The van der Waals surface area contributed by atoms with E-state index in [1.807, 2.05) is 17.6 Å². The number of hydrogen-bond donors (Lipinski definition) is 1. The number of halogens is 1. The third kappa shape index (κ3) is 1.67. The second-order valence-corrected chi connectivity index (χ2v) is 5.09. The van der Waals surface area contributed by atoms with Gasteiger partial charge in [-0.05, 0) is 37.3 Å². The molecular formula is C16H11FN4O. The Bertz CT molecular complexity index is 1030. The summed E-state index contributed by atoms with van der Waals surface area (Å²) in [6, 6.07) is 8.13. The molecule has 0 amide bonds. The van der Waals surface area contributed by atoms with Crippen LogP contribution in [0.1, 0.15) is 16.2 Å². The summed E-state index contributed by atoms with van der Waals surface area (Å²) in [6.45, 7) is 1.84. The molecule has 0 fully saturated rings. The van der Waals surface area contributed by atoms with E-state index in [4.69, 9.17) is 0 Å². The number of nitrogens with zero attached hydrogens (tertiary/aromatic N) is 3. The lowest BCUT2D eigenvalue weighted by Crippen LogP contribution is -2.00. The molecule has 0 atom stereocenters. The molecule has 108 valence electrons. The van der Waals surface area contributed by atoms with Gasteiger partial charge in [0, 0.05) is 5.39 Å². The largest absolute Gasteiger partial charge is 0.304 e. The van der Waals surface area contributed by atoms with Crippen LogP contribution in [-0.4, -0.2) is 26.0 Å². The first-order valence-electron chi connectivity index (χ1n) is 6.75. The number of pyridine rings is 1. The van der Waals surface area contributed by atoms with Gasteiger partial charge < -0.3 is 4.57 Å². The molecule has 3 heterocycles. The van der Waals surface area contributed by atoms with E-state index in [0.717, 1.165) is 27.6 Å². The van der Waals surface area contributed by atoms with E-state index in [2.05, 4.69) is 15.2 Å². The van der Waals surface area contributed by atoms with Crippen molar-refractivity contribution in [3.05, 3.63) is 53.7 Å². The Labute approximate surface area is 124 Å². The molecule has 0 saturated heterocycles. The van der Waals surface area contributed by atoms with Crippen LogP contribution in [0.15, 0.2) is 36.5 Å². The number of aromatic amines is 1. The average Bonchev–Trinajstić information content (AvgIpc) is 3.08. The molecule has 6 heteroatoms. The molecular weight excluding hydrogens is 283 g/mol. The van der Waals surface area contributed by atoms with Crippen molar-refractivity contribution < 1.29 is 9.18 Å². The summed E-state index contributed by atoms with van der Waals surface area (Å²) < 4.78 is 15.5. The molecule has 0 saturated carbocycles. The SMILES string of the molecule is Cc1nc(C=O)ccc1-n1c2ccc(F)cc2c2[nH]ncc21. The van der Waals surface area contributed by atoms with Crippen LogP contribution < -0.4 is 0 Å². The Hall–Kier alpha value is -3.02. The number of fused-ring (bicyclic) bond motifs is 3. The van der Waals surface area contributed by atoms with Crippen LogP contribution in [0.25, 0.3) is 27.6 Å². The molecule has 1 N–H and O–H groups in total. The van der Waals surface area contributed by atoms with Crippen molar-refractivity contribution in [1.82, 2.24) is 19.7 Å². The fourth-order valence-corrected chi connectivity index (χ4v) is 2.82. The predicted octanol–water partition coefficient (Wildman–Crippen LogP) is 3.16. The topological polar surface area (TPSA) is 63.6 Å². The van der Waals surface area contributed by atoms with Crippen molar-refractivity contribution in [2.45, 2.75) is 6.92 Å². The highest BCUT2D eigenvalue weighted by Gasteiger charge is 2.16. The lowest BCUT2D eigenvalue weighted by Gasteiger charge is -2.09. The maximum Gasteiger partial charge on any atom is 0.168 e. The highest BCUT2D eigenvalue weighted by molar-refractivity contribution is 6.06. The van der Waals surface area contributed by atoms with Crippen LogP contribution in [0.2, 0.25) is 0 Å². The van der Waals surface area contributed by atoms with Gasteiger partial charge >= 0.3 is 0 Å². The minimum atomic E-state index is -0.299. The zero-order chi connectivity index (χ0) is 15.3. The van der Waals surface area contributed by atoms with E-state index >= 15 is 0 Å². The van der Waals surface area contributed by atoms with Gasteiger partial charge in [-0.15, -0.1) is 0 Å². The number of benzene rings is 1. The molecule has 4 rings (SSSR count). The van der Waals surface area contributed by atoms with E-state index in [9.17, 15) is 9.18 Å². The van der Waals surface area contributed by atoms with Gasteiger partial charge in [0.2, 0.25) is 0 Å². The minimum Gasteiger partial charge on any atom is -0.304 e. The number of H-pyrrole nitrogens is 1. The second-order valence-electron chi connectivity index (χ2n) is 5.09. The molecule has 4 aromatic rings. The van der Waals surface area contributed by atoms with Crippen LogP contribution in [0.3, 0.4) is 0 Å². The second kappa shape index (κ2) is 4.49. The fourth-order valence-electron chi connectivity index (χ4n) is 2.82. The first-order valence-corrected chi connectivity index (χ1v) is 6.75. The van der Waals surface area contributed by atoms with Crippen molar-refractivity contribution in [1.29, 1.82) is 0 Å². The molecule has 0 unspecified atom stereocenters. The van der Waals surface area contributed by atoms with Gasteiger partial charge in [0.15, 0.2) is 6.29 Å². The Morgan fingerprint density at radius 1 is 1.23 bits per heavy atom. The number of aryl methyl sites for hydroxylation is 1. The zero-order valence-corrected chi connectivity index (χ0v) is 11.7. The number of hydrogen-bond acceptors (Lipinski definition) is 3. The Balaban J connectivity index is 2.12. The minimum absolute atomic E-state index is 0.299. The Morgan fingerprint density at radius 2 is 2.09 bits per heavy atom. The lowest BCUT2D eigenvalue weighted by molar-refractivity contribution is 0.111. The Kier molecular flexibility index (Phi) is 2.59. The summed E-state index contributed by atoms with van der Waals surface area (Å²) in [7, 11) is 0. The molecule has 0 spiro atoms. The van der Waals surface area contributed by atoms with E-state index in [1.54, 1.807) is 18.3 Å². The summed E-state index contributed by atoms with van der Waals surface area (Å²) in [6.07, 6.45) is 2.41. The van der Waals surface area contributed by atoms with Crippen molar-refractivity contribution in [3.63, 3.8) is 0 Å². The standard InChI is InChI=1S/C16H11FN4O/c1-9-13(5-3-11(8-22)19-9)21-14-4-2-10(17)6-12(14)16-15(21)7-18-20-16/h2-8H,1H3,(H,18,20). The van der Waals surface area contributed by atoms with Crippen LogP contribution >= 0.6 is 0 Å². The summed E-state index contributed by atoms with van der Waals surface area (Å²) in [4.78, 5) is 15.1. The first-order chi connectivity index (χ1) is 10.7. The Morgan fingerprint density at radius 3 is 2.86 bits per heavy atom. The van der Waals surface area contributed by atoms with Crippen molar-refractivity contribution in [2.24, 2.45) is 0 Å². The third-order valence-electron chi connectivity index (χ3n) is 3.77. The lowest BCUT2D eigenvalue weighted by atomic mass is 10.2. The summed E-state index contributed by atoms with van der Waals surface area (Å²) in [5.41, 5.74) is 4.39. The quantitative estimate of drug-likeness (QED) is 0.578. The van der Waals surface area contributed by atoms with Crippen molar-refractivity contribution in [3.8, 4) is 5.69 Å². The highest BCUT2D eigenvalue weighted by Crippen LogP contribution is 2.31. The van der Waals surface area contributed by atoms with Crippen molar-refractivity contribution >= 4 is 28.2 Å². The summed E-state index contributed by atoms with van der Waals surface area (Å²) in [5, 5.41) is 7.71. The smallest absolute Gasteiger partial charge is 0.168 e. The van der Waals surface area contributed by atoms with Gasteiger partial charge in [-0.25, -0.2) is 9.37 Å². The normalized spacial score (nSPS) is 11.4. The van der Waals surface area contributed by atoms with Gasteiger partial charge in [-0.1, -0.05) is 0 Å². The van der Waals surface area contributed by atoms with E-state index in [-0.39, 0.29) is 5.82 Å². The molecule has 1 aromatic carbocycles. The number of aromatic nitrogens is 4. The van der Waals surface area contributed by atoms with Crippen LogP contribution in [0, 0.1) is 12.7 Å². The monoisotopic (exact) mass is 294 g/mol. The maximum absolute atomic E-state index is 13.6. The molecule has 0 aliphatic carbocycles. The zero-order valence-electron chi connectivity index (χ0n) is 11.7. The third-order valence-corrected chi connectivity index (χ3v) is 3.77. The van der Waals surface area contributed by atoms with Crippen LogP contribution in [0.4, 0.5) is 4.39 Å². The molecule has 0 aliphatic heterocycles. The van der Waals surface area contributed by atoms with Gasteiger partial charge in [0.25, 0.3) is 0 Å². The van der Waals surface area contributed by atoms with Crippen LogP contribution in [0.5, 0.6) is 0 Å². The first kappa shape index (κ1) is 12.7. The maximum atomic E-state index is 13.6. The number of aldehydes is 1. The van der Waals surface area contributed by atoms with Crippen LogP contribution in [-0.2, 0) is 0 Å². The molecule has 0 aliphatic rings. The highest BCUT2D eigenvalue weighted by atomic mass is 19.1. The van der Waals surface area contributed by atoms with E-state index in [1.165, 1.54) is 12.1 Å². The molecule has 0 radical (unpaired) electrons. The average molecular weight is 294 g/mol. The number of carbonyl (C=O) groups is 1. The number of rotatable bonds is 2.